The quantitative estimate of drug-likeness (QED) is 0.292. The van der Waals surface area contributed by atoms with E-state index in [0.717, 1.165) is 53.3 Å². The molecule has 6 nitrogen and oxygen atoms in total. The Hall–Kier alpha value is -1.37. The van der Waals surface area contributed by atoms with Crippen LogP contribution in [0.3, 0.4) is 0 Å². The number of hydroxylamine groups is 1. The highest BCUT2D eigenvalue weighted by Crippen LogP contribution is 2.70. The molecule has 4 aliphatic rings. The van der Waals surface area contributed by atoms with Gasteiger partial charge in [0, 0.05) is 24.7 Å². The smallest absolute Gasteiger partial charge is 0.306 e. The van der Waals surface area contributed by atoms with E-state index in [4.69, 9.17) is 0 Å². The zero-order chi connectivity index (χ0) is 20.3. The Kier molecular flexibility index (Phi) is 4.68. The second-order valence-corrected chi connectivity index (χ2v) is 11.6. The summed E-state index contributed by atoms with van der Waals surface area (Å²) in [6, 6.07) is -1.13. The summed E-state index contributed by atoms with van der Waals surface area (Å²) >= 11 is 0. The fraction of sp³-hybridized carbons (Fsp3) is 0.810. The van der Waals surface area contributed by atoms with Gasteiger partial charge < -0.3 is 5.21 Å². The average Bonchev–Trinajstić information content (AvgIpc) is 3.24. The zero-order valence-corrected chi connectivity index (χ0v) is 17.8. The van der Waals surface area contributed by atoms with Gasteiger partial charge >= 0.3 is 5.91 Å². The molecule has 2 heterocycles. The molecule has 0 unspecified atom stereocenters. The number of carbonyl (C=O) groups is 1. The largest absolute Gasteiger partial charge is 0.623 e. The molecule has 1 spiro atoms. The van der Waals surface area contributed by atoms with E-state index in [0.29, 0.717) is 25.2 Å². The molecule has 3 fully saturated rings. The molecule has 2 aliphatic heterocycles. The molecule has 156 valence electrons. The van der Waals surface area contributed by atoms with Gasteiger partial charge in [0.2, 0.25) is 16.1 Å². The van der Waals surface area contributed by atoms with E-state index < -0.39 is 22.0 Å². The number of fused-ring (bicyclic) bond motifs is 1. The number of unbranched alkanes of at least 4 members (excludes halogenated alkanes) is 2. The van der Waals surface area contributed by atoms with Crippen molar-refractivity contribution in [1.82, 2.24) is 4.31 Å². The molecule has 7 heteroatoms. The summed E-state index contributed by atoms with van der Waals surface area (Å²) in [5.74, 6) is 0.0346. The predicted octanol–water partition coefficient (Wildman–Crippen LogP) is 3.21. The Morgan fingerprint density at radius 3 is 2.79 bits per heavy atom. The van der Waals surface area contributed by atoms with E-state index in [1.807, 2.05) is 6.08 Å². The van der Waals surface area contributed by atoms with Crippen molar-refractivity contribution < 1.29 is 18.0 Å². The summed E-state index contributed by atoms with van der Waals surface area (Å²) in [5, 5.41) is 12.8. The number of hydrogen-bond donors (Lipinski definition) is 0. The van der Waals surface area contributed by atoms with Crippen LogP contribution in [0.4, 0.5) is 0 Å². The van der Waals surface area contributed by atoms with Crippen molar-refractivity contribution in [1.29, 1.82) is 0 Å². The molecule has 0 aromatic heterocycles. The molecule has 0 N–H and O–H groups in total. The van der Waals surface area contributed by atoms with Crippen LogP contribution in [0, 0.1) is 22.0 Å². The molecule has 0 aromatic carbocycles. The van der Waals surface area contributed by atoms with E-state index in [1.54, 1.807) is 0 Å². The Labute approximate surface area is 168 Å². The fourth-order valence-electron chi connectivity index (χ4n) is 6.55. The molecular formula is C21H32N2O4S. The van der Waals surface area contributed by atoms with Crippen LogP contribution < -0.4 is 0 Å². The van der Waals surface area contributed by atoms with Gasteiger partial charge in [-0.3, -0.25) is 4.79 Å². The molecule has 0 aromatic rings. The van der Waals surface area contributed by atoms with Gasteiger partial charge in [-0.05, 0) is 49.9 Å². The first-order valence-electron chi connectivity index (χ1n) is 10.6. The van der Waals surface area contributed by atoms with E-state index >= 15 is 0 Å². The fourth-order valence-corrected chi connectivity index (χ4v) is 9.12. The molecular weight excluding hydrogens is 376 g/mol. The van der Waals surface area contributed by atoms with E-state index in [1.165, 1.54) is 0 Å². The Balaban J connectivity index is 1.56. The lowest BCUT2D eigenvalue weighted by atomic mass is 9.69. The molecule has 2 aliphatic carbocycles. The highest BCUT2D eigenvalue weighted by atomic mass is 32.2. The van der Waals surface area contributed by atoms with Gasteiger partial charge in [0.25, 0.3) is 0 Å². The van der Waals surface area contributed by atoms with Gasteiger partial charge in [-0.2, -0.15) is 0 Å². The lowest BCUT2D eigenvalue weighted by Crippen LogP contribution is -2.49. The number of rotatable bonds is 6. The minimum atomic E-state index is -3.67. The Bertz CT molecular complexity index is 831. The van der Waals surface area contributed by atoms with Crippen molar-refractivity contribution >= 4 is 21.6 Å². The molecule has 4 rings (SSSR count). The van der Waals surface area contributed by atoms with Crippen LogP contribution in [-0.2, 0) is 14.8 Å². The Morgan fingerprint density at radius 2 is 2.11 bits per heavy atom. The van der Waals surface area contributed by atoms with E-state index in [9.17, 15) is 18.4 Å². The second-order valence-electron chi connectivity index (χ2n) is 9.74. The predicted molar refractivity (Wildman–Crippen MR) is 108 cm³/mol. The van der Waals surface area contributed by atoms with Gasteiger partial charge in [-0.1, -0.05) is 19.9 Å². The molecule has 1 saturated heterocycles. The van der Waals surface area contributed by atoms with Gasteiger partial charge in [-0.25, -0.2) is 17.5 Å². The van der Waals surface area contributed by atoms with Crippen LogP contribution in [0.2, 0.25) is 0 Å². The molecule has 0 radical (unpaired) electrons. The number of carbonyl (C=O) groups excluding carboxylic acids is 1. The number of allylic oxidation sites excluding steroid dienone is 1. The normalized spacial score (nSPS) is 37.5. The number of sulfonamides is 1. The summed E-state index contributed by atoms with van der Waals surface area (Å²) in [6.07, 6.45) is 9.01. The van der Waals surface area contributed by atoms with Crippen molar-refractivity contribution in [3.63, 3.8) is 0 Å². The first-order chi connectivity index (χ1) is 13.2. The van der Waals surface area contributed by atoms with Crippen LogP contribution in [-0.4, -0.2) is 46.9 Å². The van der Waals surface area contributed by atoms with Gasteiger partial charge in [0.05, 0.1) is 11.8 Å². The highest BCUT2D eigenvalue weighted by Gasteiger charge is 2.72. The lowest BCUT2D eigenvalue weighted by molar-refractivity contribution is -0.479. The van der Waals surface area contributed by atoms with Crippen LogP contribution in [0.5, 0.6) is 0 Å². The van der Waals surface area contributed by atoms with Crippen LogP contribution >= 0.6 is 0 Å². The number of amides is 1. The van der Waals surface area contributed by atoms with Crippen molar-refractivity contribution in [3.05, 3.63) is 17.9 Å². The highest BCUT2D eigenvalue weighted by molar-refractivity contribution is 7.90. The van der Waals surface area contributed by atoms with Crippen molar-refractivity contribution in [3.8, 4) is 0 Å². The average molecular weight is 409 g/mol. The SMILES string of the molecule is C=CCCCCC1=[N+]([O-])[C@@H](C(=O)N2[C@@H]3C[C@H]4CC[C@]3(CS2(=O)=O)C4(C)C)CC1. The van der Waals surface area contributed by atoms with Crippen LogP contribution in [0.25, 0.3) is 0 Å². The summed E-state index contributed by atoms with van der Waals surface area (Å²) in [5.41, 5.74) is 0.326. The van der Waals surface area contributed by atoms with Crippen molar-refractivity contribution in [2.75, 3.05) is 5.75 Å². The van der Waals surface area contributed by atoms with Gasteiger partial charge in [0.15, 0.2) is 5.71 Å². The molecule has 2 saturated carbocycles. The van der Waals surface area contributed by atoms with Crippen LogP contribution in [0.1, 0.15) is 71.6 Å². The summed E-state index contributed by atoms with van der Waals surface area (Å²) in [6.45, 7) is 8.03. The molecule has 2 bridgehead atoms. The van der Waals surface area contributed by atoms with Crippen molar-refractivity contribution in [2.24, 2.45) is 16.7 Å². The molecule has 1 amide bonds. The van der Waals surface area contributed by atoms with Gasteiger partial charge in [0.1, 0.15) is 0 Å². The third-order valence-electron chi connectivity index (χ3n) is 8.34. The first-order valence-corrected chi connectivity index (χ1v) is 12.2. The first kappa shape index (κ1) is 19.9. The third-order valence-corrected chi connectivity index (χ3v) is 10.3. The van der Waals surface area contributed by atoms with E-state index in [2.05, 4.69) is 20.4 Å². The van der Waals surface area contributed by atoms with Crippen molar-refractivity contribution in [2.45, 2.75) is 83.7 Å². The maximum Gasteiger partial charge on any atom is 0.306 e. The van der Waals surface area contributed by atoms with Crippen LogP contribution in [0.15, 0.2) is 12.7 Å². The minimum absolute atomic E-state index is 0.0591. The maximum absolute atomic E-state index is 13.3. The monoisotopic (exact) mass is 408 g/mol. The summed E-state index contributed by atoms with van der Waals surface area (Å²) in [7, 11) is -3.67. The third kappa shape index (κ3) is 2.61. The topological polar surface area (TPSA) is 80.5 Å². The molecule has 28 heavy (non-hydrogen) atoms. The minimum Gasteiger partial charge on any atom is -0.623 e. The van der Waals surface area contributed by atoms with E-state index in [-0.39, 0.29) is 22.6 Å². The maximum atomic E-state index is 13.3. The Morgan fingerprint density at radius 1 is 1.36 bits per heavy atom. The standard InChI is InChI=1S/C21H32N2O4S/c1-4-5-6-7-8-16-9-10-17(22(16)25)19(24)23-18-13-15-11-12-21(18,20(15,2)3)14-28(23,26)27/h4,15,17-18H,1,5-14H2,2-3H3/t15-,17-,18-,21-/m1/s1. The number of nitrogens with zero attached hydrogens (tertiary/aromatic N) is 2. The summed E-state index contributed by atoms with van der Waals surface area (Å²) < 4.78 is 28.1. The second kappa shape index (κ2) is 6.57. The zero-order valence-electron chi connectivity index (χ0n) is 17.0. The summed E-state index contributed by atoms with van der Waals surface area (Å²) in [4.78, 5) is 13.3. The molecule has 4 atom stereocenters. The van der Waals surface area contributed by atoms with Gasteiger partial charge in [-0.15, -0.1) is 6.58 Å². The lowest BCUT2D eigenvalue weighted by Gasteiger charge is -2.37. The number of hydrogen-bond acceptors (Lipinski definition) is 4.